The average molecular weight is 390 g/mol. The summed E-state index contributed by atoms with van der Waals surface area (Å²) in [6, 6.07) is 9.24. The summed E-state index contributed by atoms with van der Waals surface area (Å²) in [6.07, 6.45) is 0.204. The van der Waals surface area contributed by atoms with E-state index in [9.17, 15) is 18.2 Å². The van der Waals surface area contributed by atoms with Crippen LogP contribution >= 0.6 is 0 Å². The second-order valence-electron chi connectivity index (χ2n) is 6.13. The van der Waals surface area contributed by atoms with Crippen molar-refractivity contribution in [1.82, 2.24) is 0 Å². The lowest BCUT2D eigenvalue weighted by Gasteiger charge is -2.14. The lowest BCUT2D eigenvalue weighted by molar-refractivity contribution is -0.140. The average Bonchev–Trinajstić information content (AvgIpc) is 2.99. The van der Waals surface area contributed by atoms with Crippen LogP contribution in [0, 0.1) is 0 Å². The number of hydrogen-bond donors (Lipinski definition) is 3. The molecule has 1 aliphatic rings. The molecular formula is C17H19BN2O6S. The number of esters is 1. The number of anilines is 2. The van der Waals surface area contributed by atoms with Crippen molar-refractivity contribution >= 4 is 39.9 Å². The summed E-state index contributed by atoms with van der Waals surface area (Å²) in [5, 5.41) is 9.78. The molecule has 2 aromatic rings. The second kappa shape index (κ2) is 7.59. The monoisotopic (exact) mass is 390 g/mol. The van der Waals surface area contributed by atoms with E-state index >= 15 is 0 Å². The topological polar surface area (TPSA) is 128 Å². The molecule has 27 heavy (non-hydrogen) atoms. The number of fused-ring (bicyclic) bond motifs is 1. The molecule has 0 bridgehead atoms. The maximum absolute atomic E-state index is 12.9. The van der Waals surface area contributed by atoms with E-state index in [4.69, 9.17) is 10.4 Å². The van der Waals surface area contributed by atoms with Crippen LogP contribution in [-0.4, -0.2) is 33.6 Å². The van der Waals surface area contributed by atoms with Gasteiger partial charge in [0.25, 0.3) is 10.0 Å². The molecule has 0 amide bonds. The standard InChI is InChI=1S/C17H19BN2O6S/c1-25-17(21)7-3-11-8-13(19)4-6-16(11)27(23,24)20-14-5-2-12-10-26-18(22)15(12)9-14/h2,4-6,8-9,20,22H,3,7,10,19H2,1H3. The van der Waals surface area contributed by atoms with Crippen molar-refractivity contribution < 1.29 is 27.6 Å². The third-order valence-corrected chi connectivity index (χ3v) is 5.74. The van der Waals surface area contributed by atoms with Gasteiger partial charge in [-0.1, -0.05) is 6.07 Å². The number of benzene rings is 2. The van der Waals surface area contributed by atoms with Gasteiger partial charge in [0, 0.05) is 17.8 Å². The molecule has 2 aromatic carbocycles. The first-order valence-electron chi connectivity index (χ1n) is 8.20. The summed E-state index contributed by atoms with van der Waals surface area (Å²) in [7, 11) is -3.73. The zero-order chi connectivity index (χ0) is 19.6. The largest absolute Gasteiger partial charge is 0.491 e. The Labute approximate surface area is 157 Å². The number of rotatable bonds is 6. The lowest BCUT2D eigenvalue weighted by atomic mass is 9.79. The number of nitrogens with two attached hydrogens (primary N) is 1. The number of ether oxygens (including phenoxy) is 1. The SMILES string of the molecule is COC(=O)CCc1cc(N)ccc1S(=O)(=O)Nc1ccc2c(c1)B(O)OC2. The van der Waals surface area contributed by atoms with E-state index in [2.05, 4.69) is 9.46 Å². The van der Waals surface area contributed by atoms with Crippen LogP contribution in [-0.2, 0) is 37.2 Å². The highest BCUT2D eigenvalue weighted by Crippen LogP contribution is 2.24. The normalized spacial score (nSPS) is 13.3. The predicted octanol–water partition coefficient (Wildman–Crippen LogP) is 0.393. The van der Waals surface area contributed by atoms with Gasteiger partial charge < -0.3 is 20.1 Å². The maximum atomic E-state index is 12.9. The minimum atomic E-state index is -3.93. The molecule has 0 saturated heterocycles. The maximum Gasteiger partial charge on any atom is 0.491 e. The van der Waals surface area contributed by atoms with Crippen LogP contribution in [0.5, 0.6) is 0 Å². The van der Waals surface area contributed by atoms with E-state index in [1.54, 1.807) is 12.1 Å². The zero-order valence-electron chi connectivity index (χ0n) is 14.6. The summed E-state index contributed by atoms with van der Waals surface area (Å²) in [5.74, 6) is -0.443. The molecule has 1 aliphatic heterocycles. The van der Waals surface area contributed by atoms with Crippen LogP contribution in [0.1, 0.15) is 17.5 Å². The third kappa shape index (κ3) is 4.24. The summed E-state index contributed by atoms with van der Waals surface area (Å²) < 4.78 is 37.9. The molecule has 8 nitrogen and oxygen atoms in total. The molecule has 0 spiro atoms. The smallest absolute Gasteiger partial charge is 0.469 e. The molecule has 10 heteroatoms. The van der Waals surface area contributed by atoms with Crippen LogP contribution in [0.15, 0.2) is 41.3 Å². The Hall–Kier alpha value is -2.56. The molecule has 0 fully saturated rings. The van der Waals surface area contributed by atoms with Crippen molar-refractivity contribution in [1.29, 1.82) is 0 Å². The third-order valence-electron chi connectivity index (χ3n) is 4.26. The van der Waals surface area contributed by atoms with Gasteiger partial charge in [0.15, 0.2) is 0 Å². The molecule has 0 saturated carbocycles. The zero-order valence-corrected chi connectivity index (χ0v) is 15.5. The van der Waals surface area contributed by atoms with Gasteiger partial charge in [-0.05, 0) is 53.3 Å². The molecule has 0 aliphatic carbocycles. The Morgan fingerprint density at radius 1 is 1.33 bits per heavy atom. The lowest BCUT2D eigenvalue weighted by Crippen LogP contribution is -2.28. The Bertz CT molecular complexity index is 979. The highest BCUT2D eigenvalue weighted by Gasteiger charge is 2.28. The fourth-order valence-corrected chi connectivity index (χ4v) is 4.18. The van der Waals surface area contributed by atoms with E-state index in [0.717, 1.165) is 5.56 Å². The van der Waals surface area contributed by atoms with Crippen molar-refractivity contribution in [3.63, 3.8) is 0 Å². The van der Waals surface area contributed by atoms with Gasteiger partial charge in [0.05, 0.1) is 18.6 Å². The van der Waals surface area contributed by atoms with Gasteiger partial charge in [-0.25, -0.2) is 8.42 Å². The molecule has 0 atom stereocenters. The molecule has 1 heterocycles. The van der Waals surface area contributed by atoms with Gasteiger partial charge >= 0.3 is 13.1 Å². The van der Waals surface area contributed by atoms with E-state index in [1.165, 1.54) is 31.4 Å². The molecule has 3 rings (SSSR count). The second-order valence-corrected chi connectivity index (χ2v) is 7.78. The van der Waals surface area contributed by atoms with Crippen LogP contribution < -0.4 is 15.9 Å². The number of nitrogen functional groups attached to an aromatic ring is 1. The predicted molar refractivity (Wildman–Crippen MR) is 101 cm³/mol. The van der Waals surface area contributed by atoms with Crippen LogP contribution in [0.25, 0.3) is 0 Å². The fourth-order valence-electron chi connectivity index (χ4n) is 2.88. The molecule has 0 aromatic heterocycles. The van der Waals surface area contributed by atoms with Crippen molar-refractivity contribution in [3.8, 4) is 0 Å². The summed E-state index contributed by atoms with van der Waals surface area (Å²) in [4.78, 5) is 11.4. The number of hydrogen-bond acceptors (Lipinski definition) is 7. The Morgan fingerprint density at radius 2 is 2.11 bits per heavy atom. The highest BCUT2D eigenvalue weighted by molar-refractivity contribution is 7.92. The van der Waals surface area contributed by atoms with Crippen LogP contribution in [0.3, 0.4) is 0 Å². The Kier molecular flexibility index (Phi) is 5.40. The summed E-state index contributed by atoms with van der Waals surface area (Å²) in [6.45, 7) is 0.277. The number of methoxy groups -OCH3 is 1. The van der Waals surface area contributed by atoms with Crippen molar-refractivity contribution in [2.75, 3.05) is 17.6 Å². The van der Waals surface area contributed by atoms with E-state index in [1.807, 2.05) is 0 Å². The number of sulfonamides is 1. The van der Waals surface area contributed by atoms with Gasteiger partial charge in [0.2, 0.25) is 0 Å². The van der Waals surface area contributed by atoms with Crippen molar-refractivity contribution in [2.45, 2.75) is 24.3 Å². The minimum Gasteiger partial charge on any atom is -0.469 e. The fraction of sp³-hybridized carbons (Fsp3) is 0.235. The quantitative estimate of drug-likeness (QED) is 0.370. The van der Waals surface area contributed by atoms with Gasteiger partial charge in [-0.15, -0.1) is 0 Å². The minimum absolute atomic E-state index is 0.0258. The Morgan fingerprint density at radius 3 is 2.85 bits per heavy atom. The molecule has 0 unspecified atom stereocenters. The van der Waals surface area contributed by atoms with Gasteiger partial charge in [-0.2, -0.15) is 0 Å². The summed E-state index contributed by atoms with van der Waals surface area (Å²) >= 11 is 0. The van der Waals surface area contributed by atoms with Crippen molar-refractivity contribution in [2.24, 2.45) is 0 Å². The number of carbonyl (C=O) groups excluding carboxylic acids is 1. The number of carbonyl (C=O) groups is 1. The van der Waals surface area contributed by atoms with Crippen molar-refractivity contribution in [3.05, 3.63) is 47.5 Å². The molecule has 142 valence electrons. The van der Waals surface area contributed by atoms with Crippen LogP contribution in [0.4, 0.5) is 11.4 Å². The van der Waals surface area contributed by atoms with E-state index in [-0.39, 0.29) is 24.3 Å². The number of aryl methyl sites for hydroxylation is 1. The first-order valence-corrected chi connectivity index (χ1v) is 9.69. The van der Waals surface area contributed by atoms with Gasteiger partial charge in [-0.3, -0.25) is 9.52 Å². The molecule has 0 radical (unpaired) electrons. The first kappa shape index (κ1) is 19.2. The van der Waals surface area contributed by atoms with E-state index in [0.29, 0.717) is 22.4 Å². The molecule has 4 N–H and O–H groups in total. The summed E-state index contributed by atoms with van der Waals surface area (Å²) in [5.41, 5.74) is 8.20. The van der Waals surface area contributed by atoms with Crippen LogP contribution in [0.2, 0.25) is 0 Å². The highest BCUT2D eigenvalue weighted by atomic mass is 32.2. The van der Waals surface area contributed by atoms with Gasteiger partial charge in [0.1, 0.15) is 0 Å². The first-order chi connectivity index (χ1) is 12.8. The molecular weight excluding hydrogens is 371 g/mol. The number of nitrogens with one attached hydrogen (secondary N) is 1. The Balaban J connectivity index is 1.89. The van der Waals surface area contributed by atoms with E-state index < -0.39 is 23.1 Å².